The summed E-state index contributed by atoms with van der Waals surface area (Å²) in [4.78, 5) is 1.64. The van der Waals surface area contributed by atoms with Crippen LogP contribution in [0.5, 0.6) is 0 Å². The molecule has 1 aromatic heterocycles. The summed E-state index contributed by atoms with van der Waals surface area (Å²) >= 11 is 0. The molecule has 0 aliphatic carbocycles. The third-order valence-electron chi connectivity index (χ3n) is 5.07. The van der Waals surface area contributed by atoms with Crippen molar-refractivity contribution in [2.75, 3.05) is 4.90 Å². The molecule has 0 atom stereocenters. The zero-order valence-corrected chi connectivity index (χ0v) is 17.0. The van der Waals surface area contributed by atoms with Gasteiger partial charge in [-0.05, 0) is 42.2 Å². The van der Waals surface area contributed by atoms with Crippen LogP contribution >= 0.6 is 0 Å². The number of aryl methyl sites for hydroxylation is 2. The van der Waals surface area contributed by atoms with E-state index in [4.69, 9.17) is 15.7 Å². The van der Waals surface area contributed by atoms with Crippen molar-refractivity contribution in [3.63, 3.8) is 0 Å². The number of rotatable bonds is 7. The number of halogens is 1. The first-order valence-electron chi connectivity index (χ1n) is 10.0. The molecule has 0 unspecified atom stereocenters. The second-order valence-corrected chi connectivity index (χ2v) is 7.27. The lowest BCUT2D eigenvalue weighted by Gasteiger charge is -2.20. The standard InChI is InChI=1S/C25H23FN4O/c26-24-15-18(12-14-23(24)19-7-3-1-4-8-19)11-13-20-16-22(31-29-20)17-30(25(27)28)21-9-5-2-6-10-21/h1-10,12,14-16H,11,13,17H2,(H3,27,28). The van der Waals surface area contributed by atoms with E-state index in [1.54, 1.807) is 11.0 Å². The maximum absolute atomic E-state index is 14.6. The minimum Gasteiger partial charge on any atom is -0.370 e. The highest BCUT2D eigenvalue weighted by Gasteiger charge is 2.14. The molecule has 0 radical (unpaired) electrons. The van der Waals surface area contributed by atoms with Gasteiger partial charge in [-0.15, -0.1) is 0 Å². The highest BCUT2D eigenvalue weighted by molar-refractivity contribution is 5.92. The first-order chi connectivity index (χ1) is 15.1. The average molecular weight is 414 g/mol. The van der Waals surface area contributed by atoms with Gasteiger partial charge in [0, 0.05) is 17.3 Å². The SMILES string of the molecule is N=C(N)N(Cc1cc(CCc2ccc(-c3ccccc3)c(F)c2)no1)c1ccccc1. The van der Waals surface area contributed by atoms with Gasteiger partial charge in [-0.3, -0.25) is 5.41 Å². The lowest BCUT2D eigenvalue weighted by atomic mass is 10.0. The van der Waals surface area contributed by atoms with Crippen LogP contribution in [0.25, 0.3) is 11.1 Å². The second-order valence-electron chi connectivity index (χ2n) is 7.27. The van der Waals surface area contributed by atoms with Gasteiger partial charge in [-0.1, -0.05) is 65.8 Å². The molecule has 0 bridgehead atoms. The number of benzene rings is 3. The Kier molecular flexibility index (Phi) is 6.08. The van der Waals surface area contributed by atoms with Crippen molar-refractivity contribution >= 4 is 11.6 Å². The fraction of sp³-hybridized carbons (Fsp3) is 0.120. The minimum atomic E-state index is -0.232. The third-order valence-corrected chi connectivity index (χ3v) is 5.07. The van der Waals surface area contributed by atoms with E-state index in [2.05, 4.69) is 5.16 Å². The van der Waals surface area contributed by atoms with E-state index < -0.39 is 0 Å². The summed E-state index contributed by atoms with van der Waals surface area (Å²) in [7, 11) is 0. The summed E-state index contributed by atoms with van der Waals surface area (Å²) in [5.41, 5.74) is 9.68. The third kappa shape index (κ3) is 4.98. The van der Waals surface area contributed by atoms with E-state index in [1.807, 2.05) is 78.9 Å². The minimum absolute atomic E-state index is 0.0712. The van der Waals surface area contributed by atoms with Crippen molar-refractivity contribution in [3.8, 4) is 11.1 Å². The second kappa shape index (κ2) is 9.26. The lowest BCUT2D eigenvalue weighted by Crippen LogP contribution is -2.35. The zero-order chi connectivity index (χ0) is 21.6. The van der Waals surface area contributed by atoms with Gasteiger partial charge in [0.05, 0.1) is 12.2 Å². The molecule has 0 fully saturated rings. The molecule has 4 aromatic rings. The molecular formula is C25H23FN4O. The van der Waals surface area contributed by atoms with Crippen LogP contribution in [0, 0.1) is 11.2 Å². The number of hydrogen-bond acceptors (Lipinski definition) is 3. The quantitative estimate of drug-likeness (QED) is 0.323. The Balaban J connectivity index is 1.40. The van der Waals surface area contributed by atoms with Crippen molar-refractivity contribution in [3.05, 3.63) is 108 Å². The number of para-hydroxylation sites is 1. The fourth-order valence-electron chi connectivity index (χ4n) is 3.47. The number of guanidine groups is 1. The van der Waals surface area contributed by atoms with E-state index in [1.165, 1.54) is 0 Å². The van der Waals surface area contributed by atoms with E-state index in [9.17, 15) is 4.39 Å². The molecular weight excluding hydrogens is 391 g/mol. The Morgan fingerprint density at radius 2 is 1.65 bits per heavy atom. The number of aromatic nitrogens is 1. The van der Waals surface area contributed by atoms with Crippen LogP contribution in [0.2, 0.25) is 0 Å². The van der Waals surface area contributed by atoms with Crippen molar-refractivity contribution in [2.24, 2.45) is 5.73 Å². The van der Waals surface area contributed by atoms with Gasteiger partial charge in [-0.2, -0.15) is 0 Å². The van der Waals surface area contributed by atoms with Gasteiger partial charge in [0.1, 0.15) is 5.82 Å². The molecule has 0 amide bonds. The topological polar surface area (TPSA) is 79.1 Å². The number of hydrogen-bond donors (Lipinski definition) is 2. The molecule has 5 nitrogen and oxygen atoms in total. The van der Waals surface area contributed by atoms with E-state index in [0.29, 0.717) is 30.7 Å². The molecule has 0 spiro atoms. The van der Waals surface area contributed by atoms with Gasteiger partial charge in [0.15, 0.2) is 11.7 Å². The number of nitrogens with two attached hydrogens (primary N) is 1. The van der Waals surface area contributed by atoms with Crippen LogP contribution in [0.4, 0.5) is 10.1 Å². The molecule has 1 heterocycles. The highest BCUT2D eigenvalue weighted by atomic mass is 19.1. The monoisotopic (exact) mass is 414 g/mol. The van der Waals surface area contributed by atoms with E-state index >= 15 is 0 Å². The van der Waals surface area contributed by atoms with Gasteiger partial charge in [0.2, 0.25) is 0 Å². The molecule has 3 N–H and O–H groups in total. The molecule has 0 aliphatic heterocycles. The lowest BCUT2D eigenvalue weighted by molar-refractivity contribution is 0.378. The predicted molar refractivity (Wildman–Crippen MR) is 120 cm³/mol. The number of nitrogens with zero attached hydrogens (tertiary/aromatic N) is 2. The Morgan fingerprint density at radius 3 is 2.32 bits per heavy atom. The maximum atomic E-state index is 14.6. The van der Waals surface area contributed by atoms with Gasteiger partial charge in [-0.25, -0.2) is 4.39 Å². The number of nitrogens with one attached hydrogen (secondary N) is 1. The smallest absolute Gasteiger partial charge is 0.193 e. The summed E-state index contributed by atoms with van der Waals surface area (Å²) in [6.45, 7) is 0.312. The molecule has 0 saturated heterocycles. The van der Waals surface area contributed by atoms with Crippen LogP contribution in [0.3, 0.4) is 0 Å². The zero-order valence-electron chi connectivity index (χ0n) is 17.0. The first kappa shape index (κ1) is 20.3. The Bertz CT molecular complexity index is 1160. The fourth-order valence-corrected chi connectivity index (χ4v) is 3.47. The van der Waals surface area contributed by atoms with E-state index in [0.717, 1.165) is 22.5 Å². The summed E-state index contributed by atoms with van der Waals surface area (Å²) in [5, 5.41) is 12.0. The normalized spacial score (nSPS) is 10.7. The van der Waals surface area contributed by atoms with Gasteiger partial charge in [0.25, 0.3) is 0 Å². The van der Waals surface area contributed by atoms with Crippen molar-refractivity contribution in [2.45, 2.75) is 19.4 Å². The van der Waals surface area contributed by atoms with Crippen LogP contribution < -0.4 is 10.6 Å². The van der Waals surface area contributed by atoms with E-state index in [-0.39, 0.29) is 11.8 Å². The molecule has 31 heavy (non-hydrogen) atoms. The van der Waals surface area contributed by atoms with Crippen molar-refractivity contribution in [1.82, 2.24) is 5.16 Å². The largest absolute Gasteiger partial charge is 0.370 e. The average Bonchev–Trinajstić information content (AvgIpc) is 3.25. The first-order valence-corrected chi connectivity index (χ1v) is 10.0. The van der Waals surface area contributed by atoms with Crippen molar-refractivity contribution in [1.29, 1.82) is 5.41 Å². The predicted octanol–water partition coefficient (Wildman–Crippen LogP) is 5.17. The van der Waals surface area contributed by atoms with Crippen LogP contribution in [-0.2, 0) is 19.4 Å². The molecule has 4 rings (SSSR count). The maximum Gasteiger partial charge on any atom is 0.193 e. The van der Waals surface area contributed by atoms with Crippen LogP contribution in [-0.4, -0.2) is 11.1 Å². The van der Waals surface area contributed by atoms with Gasteiger partial charge >= 0.3 is 0 Å². The summed E-state index contributed by atoms with van der Waals surface area (Å²) in [5.74, 6) is 0.308. The van der Waals surface area contributed by atoms with Gasteiger partial charge < -0.3 is 15.2 Å². The Hall–Kier alpha value is -3.93. The molecule has 6 heteroatoms. The molecule has 3 aromatic carbocycles. The molecule has 0 saturated carbocycles. The summed E-state index contributed by atoms with van der Waals surface area (Å²) in [6, 6.07) is 26.1. The van der Waals surface area contributed by atoms with Crippen LogP contribution in [0.1, 0.15) is 17.0 Å². The molecule has 156 valence electrons. The van der Waals surface area contributed by atoms with Crippen LogP contribution in [0.15, 0.2) is 89.5 Å². The number of anilines is 1. The molecule has 0 aliphatic rings. The van der Waals surface area contributed by atoms with Crippen molar-refractivity contribution < 1.29 is 8.91 Å². The Labute approximate surface area is 180 Å². The highest BCUT2D eigenvalue weighted by Crippen LogP contribution is 2.24. The summed E-state index contributed by atoms with van der Waals surface area (Å²) in [6.07, 6.45) is 1.27. The Morgan fingerprint density at radius 1 is 0.935 bits per heavy atom. The summed E-state index contributed by atoms with van der Waals surface area (Å²) < 4.78 is 20.0.